The number of imide groups is 1. The lowest BCUT2D eigenvalue weighted by Crippen LogP contribution is -2.39. The first-order valence-corrected chi connectivity index (χ1v) is 7.12. The third kappa shape index (κ3) is 2.84. The highest BCUT2D eigenvalue weighted by molar-refractivity contribution is 6.07. The van der Waals surface area contributed by atoms with Crippen LogP contribution in [0.1, 0.15) is 45.6 Å². The number of rotatable bonds is 4. The summed E-state index contributed by atoms with van der Waals surface area (Å²) in [6, 6.07) is 7.50. The Morgan fingerprint density at radius 2 is 1.90 bits per heavy atom. The summed E-state index contributed by atoms with van der Waals surface area (Å²) in [7, 11) is 0. The second-order valence-corrected chi connectivity index (χ2v) is 5.88. The summed E-state index contributed by atoms with van der Waals surface area (Å²) in [5, 5.41) is 3.19. The van der Waals surface area contributed by atoms with E-state index in [1.54, 1.807) is 0 Å². The van der Waals surface area contributed by atoms with E-state index in [9.17, 15) is 9.59 Å². The molecule has 0 saturated carbocycles. The smallest absolute Gasteiger partial charge is 0.252 e. The number of benzene rings is 1. The topological polar surface area (TPSA) is 49.4 Å². The Balaban J connectivity index is 2.13. The van der Waals surface area contributed by atoms with E-state index in [4.69, 9.17) is 0 Å². The Bertz CT molecular complexity index is 523. The molecule has 1 aliphatic rings. The molecule has 2 rings (SSSR count). The first kappa shape index (κ1) is 14.6. The molecule has 4 heteroatoms. The highest BCUT2D eigenvalue weighted by atomic mass is 16.2. The molecule has 20 heavy (non-hydrogen) atoms. The summed E-state index contributed by atoms with van der Waals surface area (Å²) in [5.74, 6) is 0.215. The van der Waals surface area contributed by atoms with Crippen molar-refractivity contribution in [3.63, 3.8) is 0 Å². The molecular weight excluding hydrogens is 252 g/mol. The summed E-state index contributed by atoms with van der Waals surface area (Å²) in [6.07, 6.45) is 0.239. The van der Waals surface area contributed by atoms with Crippen molar-refractivity contribution in [2.24, 2.45) is 0 Å². The fourth-order valence-corrected chi connectivity index (χ4v) is 2.50. The molecule has 2 amide bonds. The van der Waals surface area contributed by atoms with E-state index in [0.29, 0.717) is 5.92 Å². The molecule has 1 atom stereocenters. The molecule has 1 unspecified atom stereocenters. The van der Waals surface area contributed by atoms with Crippen LogP contribution in [-0.2, 0) is 9.59 Å². The van der Waals surface area contributed by atoms with Crippen molar-refractivity contribution >= 4 is 17.5 Å². The van der Waals surface area contributed by atoms with Crippen molar-refractivity contribution < 1.29 is 9.59 Å². The Hall–Kier alpha value is -1.84. The summed E-state index contributed by atoms with van der Waals surface area (Å²) in [4.78, 5) is 25.4. The summed E-state index contributed by atoms with van der Waals surface area (Å²) < 4.78 is 0. The minimum absolute atomic E-state index is 0.0798. The SMILES string of the molecule is CC(C)c1cccc(NC2CC(=O)N(C(C)C)C2=O)c1. The van der Waals surface area contributed by atoms with Crippen LogP contribution in [0.4, 0.5) is 5.69 Å². The maximum absolute atomic E-state index is 12.2. The monoisotopic (exact) mass is 274 g/mol. The summed E-state index contributed by atoms with van der Waals surface area (Å²) >= 11 is 0. The van der Waals surface area contributed by atoms with Gasteiger partial charge in [0.25, 0.3) is 5.91 Å². The minimum atomic E-state index is -0.438. The number of anilines is 1. The molecule has 1 aromatic rings. The zero-order chi connectivity index (χ0) is 14.9. The van der Waals surface area contributed by atoms with Crippen LogP contribution >= 0.6 is 0 Å². The number of carbonyl (C=O) groups excluding carboxylic acids is 2. The predicted molar refractivity (Wildman–Crippen MR) is 79.5 cm³/mol. The molecule has 0 spiro atoms. The van der Waals surface area contributed by atoms with Gasteiger partial charge >= 0.3 is 0 Å². The maximum atomic E-state index is 12.2. The van der Waals surface area contributed by atoms with E-state index in [2.05, 4.69) is 25.2 Å². The van der Waals surface area contributed by atoms with Gasteiger partial charge in [-0.15, -0.1) is 0 Å². The number of nitrogens with one attached hydrogen (secondary N) is 1. The molecule has 4 nitrogen and oxygen atoms in total. The quantitative estimate of drug-likeness (QED) is 0.859. The average Bonchev–Trinajstić information content (AvgIpc) is 2.64. The van der Waals surface area contributed by atoms with Gasteiger partial charge in [0.1, 0.15) is 6.04 Å². The van der Waals surface area contributed by atoms with Crippen molar-refractivity contribution in [2.75, 3.05) is 5.32 Å². The number of nitrogens with zero attached hydrogens (tertiary/aromatic N) is 1. The van der Waals surface area contributed by atoms with Crippen LogP contribution in [0.3, 0.4) is 0 Å². The van der Waals surface area contributed by atoms with Gasteiger partial charge in [0.2, 0.25) is 5.91 Å². The molecule has 1 aliphatic heterocycles. The number of carbonyl (C=O) groups is 2. The lowest BCUT2D eigenvalue weighted by atomic mass is 10.0. The lowest BCUT2D eigenvalue weighted by molar-refractivity contribution is -0.140. The van der Waals surface area contributed by atoms with Gasteiger partial charge in [0.15, 0.2) is 0 Å². The Kier molecular flexibility index (Phi) is 4.12. The summed E-state index contributed by atoms with van der Waals surface area (Å²) in [6.45, 7) is 7.98. The molecule has 1 fully saturated rings. The second kappa shape index (κ2) is 5.65. The molecule has 0 radical (unpaired) electrons. The molecule has 108 valence electrons. The number of likely N-dealkylation sites (tertiary alicyclic amines) is 1. The molecule has 1 N–H and O–H groups in total. The van der Waals surface area contributed by atoms with E-state index >= 15 is 0 Å². The van der Waals surface area contributed by atoms with E-state index in [0.717, 1.165) is 5.69 Å². The van der Waals surface area contributed by atoms with Gasteiger partial charge in [-0.2, -0.15) is 0 Å². The number of amides is 2. The zero-order valence-electron chi connectivity index (χ0n) is 12.5. The van der Waals surface area contributed by atoms with Crippen molar-refractivity contribution in [1.82, 2.24) is 4.90 Å². The van der Waals surface area contributed by atoms with Crippen molar-refractivity contribution in [2.45, 2.75) is 52.1 Å². The van der Waals surface area contributed by atoms with Crippen LogP contribution in [0.15, 0.2) is 24.3 Å². The molecule has 1 heterocycles. The zero-order valence-corrected chi connectivity index (χ0v) is 12.5. The minimum Gasteiger partial charge on any atom is -0.373 e. The van der Waals surface area contributed by atoms with Crippen LogP contribution in [0.5, 0.6) is 0 Å². The third-order valence-electron chi connectivity index (χ3n) is 3.59. The van der Waals surface area contributed by atoms with E-state index in [-0.39, 0.29) is 24.3 Å². The number of hydrogen-bond donors (Lipinski definition) is 1. The third-order valence-corrected chi connectivity index (χ3v) is 3.59. The Labute approximate surface area is 120 Å². The van der Waals surface area contributed by atoms with Crippen molar-refractivity contribution in [3.8, 4) is 0 Å². The van der Waals surface area contributed by atoms with Gasteiger partial charge in [-0.1, -0.05) is 26.0 Å². The molecule has 0 bridgehead atoms. The normalized spacial score (nSPS) is 19.3. The molecular formula is C16H22N2O2. The lowest BCUT2D eigenvalue weighted by Gasteiger charge is -2.19. The molecule has 1 saturated heterocycles. The van der Waals surface area contributed by atoms with Gasteiger partial charge in [0, 0.05) is 11.7 Å². The van der Waals surface area contributed by atoms with Crippen LogP contribution in [0.25, 0.3) is 0 Å². The van der Waals surface area contributed by atoms with Crippen molar-refractivity contribution in [1.29, 1.82) is 0 Å². The van der Waals surface area contributed by atoms with Crippen LogP contribution in [0, 0.1) is 0 Å². The van der Waals surface area contributed by atoms with Crippen LogP contribution in [-0.4, -0.2) is 28.8 Å². The predicted octanol–water partition coefficient (Wildman–Crippen LogP) is 2.76. The second-order valence-electron chi connectivity index (χ2n) is 5.88. The largest absolute Gasteiger partial charge is 0.373 e. The maximum Gasteiger partial charge on any atom is 0.252 e. The van der Waals surface area contributed by atoms with E-state index in [1.807, 2.05) is 32.0 Å². The Morgan fingerprint density at radius 3 is 2.45 bits per heavy atom. The number of hydrogen-bond acceptors (Lipinski definition) is 3. The van der Waals surface area contributed by atoms with Gasteiger partial charge in [-0.05, 0) is 37.5 Å². The van der Waals surface area contributed by atoms with E-state index in [1.165, 1.54) is 10.5 Å². The van der Waals surface area contributed by atoms with Crippen LogP contribution < -0.4 is 5.32 Å². The highest BCUT2D eigenvalue weighted by Gasteiger charge is 2.39. The molecule has 1 aromatic carbocycles. The average molecular weight is 274 g/mol. The van der Waals surface area contributed by atoms with E-state index < -0.39 is 6.04 Å². The standard InChI is InChI=1S/C16H22N2O2/c1-10(2)12-6-5-7-13(8-12)17-14-9-15(19)18(11(3)4)16(14)20/h5-8,10-11,14,17H,9H2,1-4H3. The first-order chi connectivity index (χ1) is 9.40. The first-order valence-electron chi connectivity index (χ1n) is 7.12. The van der Waals surface area contributed by atoms with Gasteiger partial charge in [-0.3, -0.25) is 14.5 Å². The summed E-state index contributed by atoms with van der Waals surface area (Å²) in [5.41, 5.74) is 2.11. The molecule has 0 aliphatic carbocycles. The van der Waals surface area contributed by atoms with Gasteiger partial charge in [0.05, 0.1) is 6.42 Å². The highest BCUT2D eigenvalue weighted by Crippen LogP contribution is 2.23. The fourth-order valence-electron chi connectivity index (χ4n) is 2.50. The van der Waals surface area contributed by atoms with Crippen molar-refractivity contribution in [3.05, 3.63) is 29.8 Å². The van der Waals surface area contributed by atoms with Gasteiger partial charge < -0.3 is 5.32 Å². The fraction of sp³-hybridized carbons (Fsp3) is 0.500. The van der Waals surface area contributed by atoms with Gasteiger partial charge in [-0.25, -0.2) is 0 Å². The van der Waals surface area contributed by atoms with Crippen LogP contribution in [0.2, 0.25) is 0 Å². The molecule has 0 aromatic heterocycles. The Morgan fingerprint density at radius 1 is 1.20 bits per heavy atom.